The molecule has 0 aliphatic heterocycles. The maximum atomic E-state index is 6.47. The van der Waals surface area contributed by atoms with Gasteiger partial charge in [0, 0.05) is 40.8 Å². The van der Waals surface area contributed by atoms with Gasteiger partial charge in [-0.15, -0.1) is 0 Å². The van der Waals surface area contributed by atoms with Crippen molar-refractivity contribution < 1.29 is 13.7 Å². The number of ether oxygens (including phenoxy) is 1. The number of hydrogen-bond donors (Lipinski definition) is 0. The highest BCUT2D eigenvalue weighted by atomic mass is 28.4. The monoisotopic (exact) mass is 488 g/mol. The van der Waals surface area contributed by atoms with E-state index in [9.17, 15) is 0 Å². The Morgan fingerprint density at radius 2 is 1.71 bits per heavy atom. The van der Waals surface area contributed by atoms with Gasteiger partial charge in [-0.1, -0.05) is 44.1 Å². The molecule has 1 atom stereocenters. The van der Waals surface area contributed by atoms with Crippen LogP contribution in [0.4, 0.5) is 0 Å². The smallest absolute Gasteiger partial charge is 0.192 e. The van der Waals surface area contributed by atoms with Gasteiger partial charge in [0.2, 0.25) is 0 Å². The predicted molar refractivity (Wildman–Crippen MR) is 144 cm³/mol. The third-order valence-electron chi connectivity index (χ3n) is 6.82. The summed E-state index contributed by atoms with van der Waals surface area (Å²) in [5.74, 6) is 1.56. The second kappa shape index (κ2) is 9.95. The zero-order chi connectivity index (χ0) is 25.2. The molecule has 35 heavy (non-hydrogen) atoms. The Morgan fingerprint density at radius 1 is 1.00 bits per heavy atom. The molecule has 0 fully saturated rings. The Hall–Kier alpha value is -2.96. The summed E-state index contributed by atoms with van der Waals surface area (Å²) in [6.07, 6.45) is 0.828. The molecular formula is C29H36N2O3Si. The molecule has 5 nitrogen and oxygen atoms in total. The van der Waals surface area contributed by atoms with Crippen molar-refractivity contribution >= 4 is 19.2 Å². The lowest BCUT2D eigenvalue weighted by molar-refractivity contribution is 0.196. The van der Waals surface area contributed by atoms with Crippen molar-refractivity contribution in [2.45, 2.75) is 71.9 Å². The van der Waals surface area contributed by atoms with Crippen LogP contribution in [0.1, 0.15) is 44.6 Å². The highest BCUT2D eigenvalue weighted by Gasteiger charge is 2.38. The number of nitrogens with zero attached hydrogens (tertiary/aromatic N) is 2. The summed E-state index contributed by atoms with van der Waals surface area (Å²) in [6.45, 7) is 15.9. The molecule has 0 aliphatic carbocycles. The van der Waals surface area contributed by atoms with Crippen LogP contribution in [0.25, 0.3) is 22.2 Å². The van der Waals surface area contributed by atoms with E-state index < -0.39 is 8.32 Å². The molecule has 2 heterocycles. The van der Waals surface area contributed by atoms with Gasteiger partial charge in [-0.05, 0) is 68.4 Å². The fraction of sp³-hybridized carbons (Fsp3) is 0.379. The lowest BCUT2D eigenvalue weighted by atomic mass is 10.1. The van der Waals surface area contributed by atoms with Gasteiger partial charge in [0.25, 0.3) is 0 Å². The number of pyridine rings is 1. The Balaban J connectivity index is 1.39. The van der Waals surface area contributed by atoms with Crippen molar-refractivity contribution in [3.05, 3.63) is 77.6 Å². The van der Waals surface area contributed by atoms with Crippen LogP contribution in [-0.2, 0) is 17.5 Å². The molecule has 2 aromatic heterocycles. The molecule has 4 aromatic rings. The van der Waals surface area contributed by atoms with Crippen LogP contribution in [0.15, 0.2) is 65.2 Å². The van der Waals surface area contributed by atoms with Gasteiger partial charge >= 0.3 is 0 Å². The van der Waals surface area contributed by atoms with Crippen molar-refractivity contribution in [3.63, 3.8) is 0 Å². The van der Waals surface area contributed by atoms with Crippen LogP contribution >= 0.6 is 0 Å². The number of hydrogen-bond acceptors (Lipinski definition) is 5. The van der Waals surface area contributed by atoms with E-state index in [0.717, 1.165) is 51.3 Å². The standard InChI is InChI=1S/C29H36N2O3Si/c1-20-16-23(26-10-8-9-11-27(26)30-20)19-32-25-14-12-22(13-15-25)28-18-24(31-33-28)17-21(2)34-35(6,7)29(3,4)5/h8-16,18,21H,17,19H2,1-7H3. The summed E-state index contributed by atoms with van der Waals surface area (Å²) < 4.78 is 18.2. The molecule has 0 N–H and O–H groups in total. The van der Waals surface area contributed by atoms with Crippen LogP contribution in [-0.4, -0.2) is 24.6 Å². The summed E-state index contributed by atoms with van der Waals surface area (Å²) in [5, 5.41) is 5.59. The number of aromatic nitrogens is 2. The molecule has 1 unspecified atom stereocenters. The number of rotatable bonds is 8. The molecule has 4 rings (SSSR count). The highest BCUT2D eigenvalue weighted by Crippen LogP contribution is 2.37. The lowest BCUT2D eigenvalue weighted by Gasteiger charge is -2.38. The molecule has 6 heteroatoms. The Kier molecular flexibility index (Phi) is 7.15. The van der Waals surface area contributed by atoms with Gasteiger partial charge in [-0.3, -0.25) is 4.98 Å². The van der Waals surface area contributed by atoms with Gasteiger partial charge in [-0.25, -0.2) is 0 Å². The van der Waals surface area contributed by atoms with Gasteiger partial charge < -0.3 is 13.7 Å². The molecule has 0 bridgehead atoms. The highest BCUT2D eigenvalue weighted by molar-refractivity contribution is 6.74. The first-order valence-electron chi connectivity index (χ1n) is 12.2. The zero-order valence-corrected chi connectivity index (χ0v) is 22.9. The molecule has 0 aliphatic rings. The van der Waals surface area contributed by atoms with Crippen LogP contribution in [0, 0.1) is 6.92 Å². The number of benzene rings is 2. The lowest BCUT2D eigenvalue weighted by Crippen LogP contribution is -2.43. The largest absolute Gasteiger partial charge is 0.489 e. The molecule has 0 saturated carbocycles. The van der Waals surface area contributed by atoms with E-state index in [2.05, 4.69) is 63.1 Å². The van der Waals surface area contributed by atoms with E-state index >= 15 is 0 Å². The quantitative estimate of drug-likeness (QED) is 0.238. The molecule has 2 aromatic carbocycles. The Morgan fingerprint density at radius 3 is 2.43 bits per heavy atom. The van der Waals surface area contributed by atoms with Crippen molar-refractivity contribution in [1.29, 1.82) is 0 Å². The topological polar surface area (TPSA) is 57.4 Å². The van der Waals surface area contributed by atoms with Crippen LogP contribution < -0.4 is 4.74 Å². The first-order chi connectivity index (χ1) is 16.5. The summed E-state index contributed by atoms with van der Waals surface area (Å²) in [7, 11) is -1.81. The predicted octanol–water partition coefficient (Wildman–Crippen LogP) is 7.73. The molecule has 0 amide bonds. The van der Waals surface area contributed by atoms with E-state index in [-0.39, 0.29) is 11.1 Å². The fourth-order valence-corrected chi connectivity index (χ4v) is 5.39. The number of fused-ring (bicyclic) bond motifs is 1. The van der Waals surface area contributed by atoms with E-state index in [1.54, 1.807) is 0 Å². The third-order valence-corrected chi connectivity index (χ3v) is 11.4. The molecule has 184 valence electrons. The third kappa shape index (κ3) is 6.00. The van der Waals surface area contributed by atoms with E-state index in [0.29, 0.717) is 6.61 Å². The van der Waals surface area contributed by atoms with Crippen molar-refractivity contribution in [1.82, 2.24) is 10.1 Å². The second-order valence-electron chi connectivity index (χ2n) is 10.8. The van der Waals surface area contributed by atoms with Crippen LogP contribution in [0.2, 0.25) is 18.1 Å². The van der Waals surface area contributed by atoms with Gasteiger partial charge in [0.05, 0.1) is 11.2 Å². The first-order valence-corrected chi connectivity index (χ1v) is 15.1. The molecule has 0 saturated heterocycles. The van der Waals surface area contributed by atoms with E-state index in [1.165, 1.54) is 0 Å². The first kappa shape index (κ1) is 25.1. The van der Waals surface area contributed by atoms with Gasteiger partial charge in [0.15, 0.2) is 14.1 Å². The van der Waals surface area contributed by atoms with Crippen LogP contribution in [0.5, 0.6) is 5.75 Å². The van der Waals surface area contributed by atoms with E-state index in [4.69, 9.17) is 13.7 Å². The average molecular weight is 489 g/mol. The average Bonchev–Trinajstić information content (AvgIpc) is 3.24. The maximum Gasteiger partial charge on any atom is 0.192 e. The van der Waals surface area contributed by atoms with Crippen molar-refractivity contribution in [2.24, 2.45) is 0 Å². The Bertz CT molecular complexity index is 1290. The minimum atomic E-state index is -1.81. The number of aryl methyl sites for hydroxylation is 1. The minimum absolute atomic E-state index is 0.0949. The van der Waals surface area contributed by atoms with Crippen molar-refractivity contribution in [3.8, 4) is 17.1 Å². The molecular weight excluding hydrogens is 452 g/mol. The van der Waals surface area contributed by atoms with E-state index in [1.807, 2.05) is 55.5 Å². The minimum Gasteiger partial charge on any atom is -0.489 e. The summed E-state index contributed by atoms with van der Waals surface area (Å²) in [4.78, 5) is 4.61. The van der Waals surface area contributed by atoms with Gasteiger partial charge in [0.1, 0.15) is 12.4 Å². The normalized spacial score (nSPS) is 13.2. The number of para-hydroxylation sites is 1. The van der Waals surface area contributed by atoms with Gasteiger partial charge in [-0.2, -0.15) is 0 Å². The summed E-state index contributed by atoms with van der Waals surface area (Å²) >= 11 is 0. The molecule has 0 radical (unpaired) electrons. The second-order valence-corrected chi connectivity index (χ2v) is 15.6. The summed E-state index contributed by atoms with van der Waals surface area (Å²) in [5.41, 5.74) is 4.99. The zero-order valence-electron chi connectivity index (χ0n) is 21.9. The molecule has 0 spiro atoms. The fourth-order valence-electron chi connectivity index (χ4n) is 3.95. The Labute approximate surface area is 209 Å². The maximum absolute atomic E-state index is 6.47. The van der Waals surface area contributed by atoms with Crippen LogP contribution in [0.3, 0.4) is 0 Å². The summed E-state index contributed by atoms with van der Waals surface area (Å²) in [6, 6.07) is 20.2. The SMILES string of the molecule is Cc1cc(COc2ccc(-c3cc(CC(C)O[Si](C)(C)C(C)(C)C)no3)cc2)c2ccccc2n1. The van der Waals surface area contributed by atoms with Crippen molar-refractivity contribution in [2.75, 3.05) is 0 Å².